The number of nitrogens with zero attached hydrogens (tertiary/aromatic N) is 3. The van der Waals surface area contributed by atoms with Crippen LogP contribution in [0.25, 0.3) is 16.8 Å². The van der Waals surface area contributed by atoms with Crippen molar-refractivity contribution in [2.45, 2.75) is 13.3 Å². The molecule has 0 spiro atoms. The minimum absolute atomic E-state index is 0.211. The van der Waals surface area contributed by atoms with E-state index in [1.54, 1.807) is 6.92 Å². The Bertz CT molecular complexity index is 1120. The molecule has 0 aliphatic carbocycles. The van der Waals surface area contributed by atoms with Gasteiger partial charge in [0, 0.05) is 12.6 Å². The number of ether oxygens (including phenoxy) is 1. The van der Waals surface area contributed by atoms with Gasteiger partial charge in [0.1, 0.15) is 11.4 Å². The van der Waals surface area contributed by atoms with Gasteiger partial charge >= 0.3 is 5.97 Å². The van der Waals surface area contributed by atoms with E-state index in [4.69, 9.17) is 15.6 Å². The van der Waals surface area contributed by atoms with E-state index in [0.717, 1.165) is 22.4 Å². The fourth-order valence-electron chi connectivity index (χ4n) is 3.23. The van der Waals surface area contributed by atoms with Crippen molar-refractivity contribution in [3.63, 3.8) is 0 Å². The molecule has 0 saturated carbocycles. The van der Waals surface area contributed by atoms with E-state index in [1.807, 2.05) is 48.5 Å². The zero-order valence-corrected chi connectivity index (χ0v) is 15.5. The molecule has 0 atom stereocenters. The zero-order valence-electron chi connectivity index (χ0n) is 15.5. The van der Waals surface area contributed by atoms with Crippen LogP contribution in [-0.2, 0) is 11.2 Å². The molecule has 2 heterocycles. The predicted octanol–water partition coefficient (Wildman–Crippen LogP) is 3.75. The second-order valence-electron chi connectivity index (χ2n) is 6.36. The first kappa shape index (κ1) is 17.7. The highest BCUT2D eigenvalue weighted by molar-refractivity contribution is 5.95. The number of aromatic nitrogens is 3. The summed E-state index contributed by atoms with van der Waals surface area (Å²) in [6.07, 6.45) is 2.09. The molecule has 0 aliphatic heterocycles. The number of esters is 1. The fourth-order valence-corrected chi connectivity index (χ4v) is 3.23. The molecule has 0 radical (unpaired) electrons. The van der Waals surface area contributed by atoms with Crippen LogP contribution in [0.2, 0.25) is 0 Å². The third kappa shape index (κ3) is 3.20. The van der Waals surface area contributed by atoms with Crippen LogP contribution < -0.4 is 5.73 Å². The van der Waals surface area contributed by atoms with E-state index in [1.165, 1.54) is 10.7 Å². The maximum absolute atomic E-state index is 12.2. The Hall–Kier alpha value is -3.67. The van der Waals surface area contributed by atoms with Gasteiger partial charge in [-0.05, 0) is 18.1 Å². The van der Waals surface area contributed by atoms with Crippen molar-refractivity contribution in [2.24, 2.45) is 0 Å². The van der Waals surface area contributed by atoms with Crippen molar-refractivity contribution in [1.82, 2.24) is 14.6 Å². The molecule has 2 aromatic heterocycles. The number of benzene rings is 2. The van der Waals surface area contributed by atoms with E-state index in [2.05, 4.69) is 17.1 Å². The normalized spacial score (nSPS) is 10.9. The smallest absolute Gasteiger partial charge is 0.343 e. The van der Waals surface area contributed by atoms with Crippen molar-refractivity contribution in [3.05, 3.63) is 83.7 Å². The number of hydrogen-bond donors (Lipinski definition) is 1. The van der Waals surface area contributed by atoms with Gasteiger partial charge in [0.05, 0.1) is 17.9 Å². The summed E-state index contributed by atoms with van der Waals surface area (Å²) < 4.78 is 6.61. The van der Waals surface area contributed by atoms with Gasteiger partial charge in [-0.25, -0.2) is 9.78 Å². The topological polar surface area (TPSA) is 82.5 Å². The van der Waals surface area contributed by atoms with E-state index < -0.39 is 5.97 Å². The molecule has 2 N–H and O–H groups in total. The van der Waals surface area contributed by atoms with Crippen molar-refractivity contribution < 1.29 is 9.53 Å². The Balaban J connectivity index is 1.91. The molecule has 0 fully saturated rings. The number of nitrogens with two attached hydrogens (primary N) is 1. The molecule has 2 aromatic carbocycles. The number of fused-ring (bicyclic) bond motifs is 1. The van der Waals surface area contributed by atoms with Gasteiger partial charge in [0.2, 0.25) is 0 Å². The average molecular weight is 372 g/mol. The summed E-state index contributed by atoms with van der Waals surface area (Å²) in [5, 5.41) is 4.71. The highest BCUT2D eigenvalue weighted by Gasteiger charge is 2.21. The van der Waals surface area contributed by atoms with Crippen molar-refractivity contribution in [1.29, 1.82) is 0 Å². The highest BCUT2D eigenvalue weighted by atomic mass is 16.5. The summed E-state index contributed by atoms with van der Waals surface area (Å²) in [7, 11) is 0. The Labute approximate surface area is 162 Å². The first-order valence-electron chi connectivity index (χ1n) is 9.11. The maximum atomic E-state index is 12.2. The summed E-state index contributed by atoms with van der Waals surface area (Å²) in [5.74, 6) is -0.282. The maximum Gasteiger partial charge on any atom is 0.343 e. The number of carbonyl (C=O) groups excluding carboxylic acids is 1. The lowest BCUT2D eigenvalue weighted by molar-refractivity contribution is 0.0526. The second-order valence-corrected chi connectivity index (χ2v) is 6.36. The summed E-state index contributed by atoms with van der Waals surface area (Å²) in [6, 6.07) is 20.0. The first-order chi connectivity index (χ1) is 13.7. The van der Waals surface area contributed by atoms with Crippen LogP contribution in [0, 0.1) is 0 Å². The molecule has 4 rings (SSSR count). The summed E-state index contributed by atoms with van der Waals surface area (Å²) >= 11 is 0. The Morgan fingerprint density at radius 1 is 1.07 bits per heavy atom. The minimum atomic E-state index is -0.504. The van der Waals surface area contributed by atoms with Crippen LogP contribution in [0.15, 0.2) is 66.9 Å². The number of nitrogen functional groups attached to an aromatic ring is 1. The molecular weight excluding hydrogens is 352 g/mol. The molecule has 0 amide bonds. The molecule has 0 bridgehead atoms. The number of rotatable bonds is 5. The SMILES string of the molecule is CCOC(=O)c1cnc2c(-c3ccccc3)c(Cc3ccccc3)nn2c1N. The summed E-state index contributed by atoms with van der Waals surface area (Å²) in [4.78, 5) is 16.7. The lowest BCUT2D eigenvalue weighted by atomic mass is 10.0. The van der Waals surface area contributed by atoms with Crippen molar-refractivity contribution in [3.8, 4) is 11.1 Å². The van der Waals surface area contributed by atoms with E-state index in [-0.39, 0.29) is 18.0 Å². The van der Waals surface area contributed by atoms with E-state index >= 15 is 0 Å². The molecule has 6 heteroatoms. The highest BCUT2D eigenvalue weighted by Crippen LogP contribution is 2.30. The van der Waals surface area contributed by atoms with Crippen LogP contribution in [-0.4, -0.2) is 27.2 Å². The van der Waals surface area contributed by atoms with Gasteiger partial charge in [-0.15, -0.1) is 0 Å². The van der Waals surface area contributed by atoms with Crippen molar-refractivity contribution in [2.75, 3.05) is 12.3 Å². The molecule has 140 valence electrons. The zero-order chi connectivity index (χ0) is 19.5. The summed E-state index contributed by atoms with van der Waals surface area (Å²) in [6.45, 7) is 2.02. The molecule has 0 aliphatic rings. The lowest BCUT2D eigenvalue weighted by Crippen LogP contribution is -2.12. The first-order valence-corrected chi connectivity index (χ1v) is 9.11. The van der Waals surface area contributed by atoms with Gasteiger partial charge in [-0.2, -0.15) is 9.61 Å². The van der Waals surface area contributed by atoms with Gasteiger partial charge in [-0.1, -0.05) is 60.7 Å². The summed E-state index contributed by atoms with van der Waals surface area (Å²) in [5.41, 5.74) is 11.0. The lowest BCUT2D eigenvalue weighted by Gasteiger charge is -2.06. The minimum Gasteiger partial charge on any atom is -0.462 e. The van der Waals surface area contributed by atoms with Gasteiger partial charge in [0.25, 0.3) is 0 Å². The molecule has 0 saturated heterocycles. The van der Waals surface area contributed by atoms with Gasteiger partial charge in [-0.3, -0.25) is 0 Å². The van der Waals surface area contributed by atoms with E-state index in [0.29, 0.717) is 12.1 Å². The fraction of sp³-hybridized carbons (Fsp3) is 0.136. The van der Waals surface area contributed by atoms with Crippen LogP contribution >= 0.6 is 0 Å². The molecule has 6 nitrogen and oxygen atoms in total. The van der Waals surface area contributed by atoms with Gasteiger partial charge in [0.15, 0.2) is 5.65 Å². The van der Waals surface area contributed by atoms with Gasteiger partial charge < -0.3 is 10.5 Å². The molecular formula is C22H20N4O2. The second kappa shape index (κ2) is 7.52. The van der Waals surface area contributed by atoms with Crippen molar-refractivity contribution >= 4 is 17.4 Å². The monoisotopic (exact) mass is 372 g/mol. The third-order valence-electron chi connectivity index (χ3n) is 4.53. The van der Waals surface area contributed by atoms with Crippen LogP contribution in [0.4, 0.5) is 5.82 Å². The van der Waals surface area contributed by atoms with Crippen LogP contribution in [0.5, 0.6) is 0 Å². The van der Waals surface area contributed by atoms with E-state index in [9.17, 15) is 4.79 Å². The molecule has 28 heavy (non-hydrogen) atoms. The third-order valence-corrected chi connectivity index (χ3v) is 4.53. The number of anilines is 1. The number of hydrogen-bond acceptors (Lipinski definition) is 5. The molecule has 4 aromatic rings. The van der Waals surface area contributed by atoms with Crippen LogP contribution in [0.3, 0.4) is 0 Å². The molecule has 0 unspecified atom stereocenters. The quantitative estimate of drug-likeness (QED) is 0.540. The van der Waals surface area contributed by atoms with Crippen LogP contribution in [0.1, 0.15) is 28.5 Å². The predicted molar refractivity (Wildman–Crippen MR) is 108 cm³/mol. The number of carbonyl (C=O) groups is 1. The standard InChI is InChI=1S/C22H20N4O2/c1-2-28-22(27)17-14-24-21-19(16-11-7-4-8-12-16)18(25-26(21)20(17)23)13-15-9-5-3-6-10-15/h3-12,14H,2,13,23H2,1H3. The average Bonchev–Trinajstić information content (AvgIpc) is 3.08. The Kier molecular flexibility index (Phi) is 4.76. The largest absolute Gasteiger partial charge is 0.462 e. The Morgan fingerprint density at radius 3 is 2.43 bits per heavy atom. The Morgan fingerprint density at radius 2 is 1.75 bits per heavy atom.